The molecular weight excluding hydrogens is 352 g/mol. The summed E-state index contributed by atoms with van der Waals surface area (Å²) in [5, 5.41) is 2.70. The maximum Gasteiger partial charge on any atom is 0.254 e. The number of nitrogens with one attached hydrogen (secondary N) is 1. The van der Waals surface area contributed by atoms with Gasteiger partial charge in [-0.15, -0.1) is 0 Å². The Morgan fingerprint density at radius 3 is 2.22 bits per heavy atom. The lowest BCUT2D eigenvalue weighted by molar-refractivity contribution is -0.121. The summed E-state index contributed by atoms with van der Waals surface area (Å²) in [6.07, 6.45) is 0. The van der Waals surface area contributed by atoms with E-state index in [0.717, 1.165) is 0 Å². The summed E-state index contributed by atoms with van der Waals surface area (Å²) in [5.41, 5.74) is 0.729. The molecule has 0 spiro atoms. The molecule has 0 saturated carbocycles. The molecule has 142 valence electrons. The van der Waals surface area contributed by atoms with Crippen molar-refractivity contribution in [3.63, 3.8) is 0 Å². The van der Waals surface area contributed by atoms with Crippen LogP contribution >= 0.6 is 0 Å². The first kappa shape index (κ1) is 19.0. The number of benzene rings is 2. The minimum Gasteiger partial charge on any atom is -0.336 e. The fourth-order valence-electron chi connectivity index (χ4n) is 3.10. The van der Waals surface area contributed by atoms with Crippen molar-refractivity contribution in [3.05, 3.63) is 65.7 Å². The summed E-state index contributed by atoms with van der Waals surface area (Å²) >= 11 is 0. The second kappa shape index (κ2) is 8.26. The Labute approximate surface area is 156 Å². The van der Waals surface area contributed by atoms with Crippen molar-refractivity contribution >= 4 is 17.5 Å². The highest BCUT2D eigenvalue weighted by molar-refractivity contribution is 5.95. The first-order chi connectivity index (χ1) is 12.9. The second-order valence-electron chi connectivity index (χ2n) is 6.51. The third-order valence-electron chi connectivity index (χ3n) is 4.69. The molecule has 0 aromatic heterocycles. The number of piperazine rings is 1. The van der Waals surface area contributed by atoms with Crippen LogP contribution in [0.4, 0.5) is 14.5 Å². The van der Waals surface area contributed by atoms with Crippen LogP contribution in [-0.2, 0) is 4.79 Å². The Bertz CT molecular complexity index is 835. The van der Waals surface area contributed by atoms with Crippen molar-refractivity contribution in [2.45, 2.75) is 13.0 Å². The Morgan fingerprint density at radius 2 is 1.59 bits per heavy atom. The average Bonchev–Trinajstić information content (AvgIpc) is 2.67. The van der Waals surface area contributed by atoms with Gasteiger partial charge < -0.3 is 10.2 Å². The van der Waals surface area contributed by atoms with Gasteiger partial charge in [0.15, 0.2) is 0 Å². The van der Waals surface area contributed by atoms with Gasteiger partial charge in [0.2, 0.25) is 5.91 Å². The van der Waals surface area contributed by atoms with Crippen LogP contribution < -0.4 is 5.32 Å². The second-order valence-corrected chi connectivity index (χ2v) is 6.51. The maximum atomic E-state index is 13.3. The highest BCUT2D eigenvalue weighted by atomic mass is 19.1. The predicted octanol–water partition coefficient (Wildman–Crippen LogP) is 2.75. The van der Waals surface area contributed by atoms with Crippen LogP contribution in [0.2, 0.25) is 0 Å². The number of carbonyl (C=O) groups is 2. The number of halogens is 2. The summed E-state index contributed by atoms with van der Waals surface area (Å²) in [7, 11) is 0. The van der Waals surface area contributed by atoms with Crippen LogP contribution in [-0.4, -0.2) is 53.8 Å². The van der Waals surface area contributed by atoms with Gasteiger partial charge in [-0.1, -0.05) is 12.1 Å². The number of nitrogens with zero attached hydrogens (tertiary/aromatic N) is 2. The van der Waals surface area contributed by atoms with Gasteiger partial charge in [0.1, 0.15) is 11.6 Å². The molecule has 7 heteroatoms. The summed E-state index contributed by atoms with van der Waals surface area (Å²) in [4.78, 5) is 28.5. The first-order valence-electron chi connectivity index (χ1n) is 8.79. The SMILES string of the molecule is CC(C(=O)Nc1cccc(F)c1)N1CCN(C(=O)c2cccc(F)c2)CC1. The van der Waals surface area contributed by atoms with Crippen LogP contribution in [0.3, 0.4) is 0 Å². The maximum absolute atomic E-state index is 13.3. The summed E-state index contributed by atoms with van der Waals surface area (Å²) < 4.78 is 26.5. The molecule has 5 nitrogen and oxygen atoms in total. The molecule has 3 rings (SSSR count). The molecule has 1 N–H and O–H groups in total. The van der Waals surface area contributed by atoms with E-state index in [0.29, 0.717) is 37.4 Å². The fraction of sp³-hybridized carbons (Fsp3) is 0.300. The average molecular weight is 373 g/mol. The molecule has 0 radical (unpaired) electrons. The molecule has 2 aromatic carbocycles. The molecule has 0 aliphatic carbocycles. The van der Waals surface area contributed by atoms with E-state index in [1.807, 2.05) is 4.90 Å². The molecule has 1 unspecified atom stereocenters. The molecule has 1 heterocycles. The van der Waals surface area contributed by atoms with Crippen LogP contribution in [0.15, 0.2) is 48.5 Å². The van der Waals surface area contributed by atoms with Gasteiger partial charge >= 0.3 is 0 Å². The van der Waals surface area contributed by atoms with E-state index in [-0.39, 0.29) is 11.8 Å². The Hall–Kier alpha value is -2.80. The molecule has 1 aliphatic rings. The quantitative estimate of drug-likeness (QED) is 0.897. The largest absolute Gasteiger partial charge is 0.336 e. The minimum atomic E-state index is -0.442. The molecule has 0 bridgehead atoms. The highest BCUT2D eigenvalue weighted by Gasteiger charge is 2.28. The molecule has 2 aromatic rings. The van der Waals surface area contributed by atoms with Gasteiger partial charge in [-0.2, -0.15) is 0 Å². The lowest BCUT2D eigenvalue weighted by Gasteiger charge is -2.37. The standard InChI is InChI=1S/C20H21F2N3O2/c1-14(19(26)23-18-7-3-6-17(22)13-18)24-8-10-25(11-9-24)20(27)15-4-2-5-16(21)12-15/h2-7,12-14H,8-11H2,1H3,(H,23,26). The van der Waals surface area contributed by atoms with Gasteiger partial charge in [0, 0.05) is 37.4 Å². The van der Waals surface area contributed by atoms with Crippen LogP contribution in [0.5, 0.6) is 0 Å². The number of hydrogen-bond acceptors (Lipinski definition) is 3. The van der Waals surface area contributed by atoms with Crippen molar-refractivity contribution in [1.29, 1.82) is 0 Å². The van der Waals surface area contributed by atoms with Crippen LogP contribution in [0, 0.1) is 11.6 Å². The monoisotopic (exact) mass is 373 g/mol. The topological polar surface area (TPSA) is 52.7 Å². The summed E-state index contributed by atoms with van der Waals surface area (Å²) in [6.45, 7) is 3.73. The minimum absolute atomic E-state index is 0.217. The molecule has 1 fully saturated rings. The van der Waals surface area contributed by atoms with Crippen LogP contribution in [0.1, 0.15) is 17.3 Å². The lowest BCUT2D eigenvalue weighted by atomic mass is 10.1. The summed E-state index contributed by atoms with van der Waals surface area (Å²) in [5.74, 6) is -1.30. The number of anilines is 1. The molecule has 1 saturated heterocycles. The fourth-order valence-corrected chi connectivity index (χ4v) is 3.10. The number of amides is 2. The van der Waals surface area contributed by atoms with Crippen molar-refractivity contribution in [2.24, 2.45) is 0 Å². The molecule has 2 amide bonds. The molecule has 1 atom stereocenters. The van der Waals surface area contributed by atoms with Crippen molar-refractivity contribution < 1.29 is 18.4 Å². The van der Waals surface area contributed by atoms with Crippen molar-refractivity contribution in [2.75, 3.05) is 31.5 Å². The van der Waals surface area contributed by atoms with Crippen LogP contribution in [0.25, 0.3) is 0 Å². The van der Waals surface area contributed by atoms with Crippen molar-refractivity contribution in [3.8, 4) is 0 Å². The lowest BCUT2D eigenvalue weighted by Crippen LogP contribution is -2.54. The van der Waals surface area contributed by atoms with Gasteiger partial charge in [0.05, 0.1) is 6.04 Å². The van der Waals surface area contributed by atoms with Gasteiger partial charge in [-0.25, -0.2) is 8.78 Å². The highest BCUT2D eigenvalue weighted by Crippen LogP contribution is 2.14. The summed E-state index contributed by atoms with van der Waals surface area (Å²) in [6, 6.07) is 10.9. The third-order valence-corrected chi connectivity index (χ3v) is 4.69. The van der Waals surface area contributed by atoms with E-state index in [1.165, 1.54) is 36.4 Å². The number of rotatable bonds is 4. The predicted molar refractivity (Wildman–Crippen MR) is 98.4 cm³/mol. The van der Waals surface area contributed by atoms with E-state index in [9.17, 15) is 18.4 Å². The molecular formula is C20H21F2N3O2. The molecule has 1 aliphatic heterocycles. The van der Waals surface area contributed by atoms with Gasteiger partial charge in [-0.05, 0) is 43.3 Å². The Balaban J connectivity index is 1.55. The normalized spacial score (nSPS) is 16.0. The van der Waals surface area contributed by atoms with E-state index < -0.39 is 17.7 Å². The van der Waals surface area contributed by atoms with Gasteiger partial charge in [0.25, 0.3) is 5.91 Å². The Kier molecular flexibility index (Phi) is 5.81. The first-order valence-corrected chi connectivity index (χ1v) is 8.79. The van der Waals surface area contributed by atoms with E-state index in [1.54, 1.807) is 24.0 Å². The number of hydrogen-bond donors (Lipinski definition) is 1. The zero-order valence-corrected chi connectivity index (χ0v) is 15.0. The smallest absolute Gasteiger partial charge is 0.254 e. The van der Waals surface area contributed by atoms with E-state index >= 15 is 0 Å². The zero-order chi connectivity index (χ0) is 19.4. The molecule has 27 heavy (non-hydrogen) atoms. The zero-order valence-electron chi connectivity index (χ0n) is 15.0. The third kappa shape index (κ3) is 4.68. The number of carbonyl (C=O) groups excluding carboxylic acids is 2. The van der Waals surface area contributed by atoms with Gasteiger partial charge in [-0.3, -0.25) is 14.5 Å². The van der Waals surface area contributed by atoms with E-state index in [4.69, 9.17) is 0 Å². The van der Waals surface area contributed by atoms with Crippen molar-refractivity contribution in [1.82, 2.24) is 9.80 Å². The van der Waals surface area contributed by atoms with E-state index in [2.05, 4.69) is 5.32 Å². The Morgan fingerprint density at radius 1 is 0.963 bits per heavy atom.